The minimum absolute atomic E-state index is 0.0447. The number of carbonyl (C=O) groups excluding carboxylic acids is 2. The van der Waals surface area contributed by atoms with Crippen molar-refractivity contribution in [3.63, 3.8) is 0 Å². The van der Waals surface area contributed by atoms with Gasteiger partial charge in [-0.1, -0.05) is 17.7 Å². The van der Waals surface area contributed by atoms with Crippen LogP contribution in [0.3, 0.4) is 0 Å². The largest absolute Gasteiger partial charge is 0.501 e. The van der Waals surface area contributed by atoms with Gasteiger partial charge in [-0.05, 0) is 58.6 Å². The highest BCUT2D eigenvalue weighted by Gasteiger charge is 2.42. The van der Waals surface area contributed by atoms with E-state index in [4.69, 9.17) is 9.47 Å². The van der Waals surface area contributed by atoms with Crippen LogP contribution in [0.1, 0.15) is 55.5 Å². The molecular formula is C27H40N4O5. The summed E-state index contributed by atoms with van der Waals surface area (Å²) in [5.74, 6) is 0.218. The van der Waals surface area contributed by atoms with Gasteiger partial charge in [-0.25, -0.2) is 0 Å². The first kappa shape index (κ1) is 27.8. The number of allylic oxidation sites excluding steroid dienone is 1. The highest BCUT2D eigenvalue weighted by molar-refractivity contribution is 5.96. The van der Waals surface area contributed by atoms with E-state index in [1.54, 1.807) is 32.6 Å². The molecule has 1 aliphatic carbocycles. The molecule has 1 heterocycles. The molecule has 2 aliphatic rings. The third kappa shape index (κ3) is 7.15. The number of hydrogen-bond acceptors (Lipinski definition) is 7. The first-order valence-corrected chi connectivity index (χ1v) is 12.6. The van der Waals surface area contributed by atoms with Gasteiger partial charge in [0, 0.05) is 43.6 Å². The molecule has 0 spiro atoms. The first-order chi connectivity index (χ1) is 17.1. The molecule has 2 fully saturated rings. The van der Waals surface area contributed by atoms with Gasteiger partial charge >= 0.3 is 0 Å². The summed E-state index contributed by atoms with van der Waals surface area (Å²) in [7, 11) is 3.19. The van der Waals surface area contributed by atoms with Crippen molar-refractivity contribution in [2.45, 2.75) is 70.4 Å². The Morgan fingerprint density at radius 3 is 2.58 bits per heavy atom. The lowest BCUT2D eigenvalue weighted by atomic mass is 9.76. The Balaban J connectivity index is 1.43. The third-order valence-corrected chi connectivity index (χ3v) is 7.20. The number of benzene rings is 1. The predicted molar refractivity (Wildman–Crippen MR) is 139 cm³/mol. The molecule has 9 nitrogen and oxygen atoms in total. The zero-order valence-electron chi connectivity index (χ0n) is 22.0. The molecule has 198 valence electrons. The van der Waals surface area contributed by atoms with Crippen LogP contribution in [0.15, 0.2) is 40.6 Å². The lowest BCUT2D eigenvalue weighted by Gasteiger charge is -2.48. The fraction of sp³-hybridized carbons (Fsp3) is 0.593. The Labute approximate surface area is 213 Å². The van der Waals surface area contributed by atoms with E-state index in [1.165, 1.54) is 0 Å². The number of carbonyl (C=O) groups is 2. The highest BCUT2D eigenvalue weighted by Crippen LogP contribution is 2.38. The lowest BCUT2D eigenvalue weighted by Crippen LogP contribution is -2.63. The number of methoxy groups -OCH3 is 2. The number of aryl methyl sites for hydroxylation is 1. The Bertz CT molecular complexity index is 978. The van der Waals surface area contributed by atoms with Gasteiger partial charge in [0.1, 0.15) is 12.0 Å². The number of nitrogens with one attached hydrogen (secondary N) is 2. The van der Waals surface area contributed by atoms with Crippen molar-refractivity contribution in [3.05, 3.63) is 46.7 Å². The summed E-state index contributed by atoms with van der Waals surface area (Å²) >= 11 is 0. The molecule has 1 atom stereocenters. The van der Waals surface area contributed by atoms with E-state index in [-0.39, 0.29) is 30.6 Å². The fourth-order valence-corrected chi connectivity index (χ4v) is 4.83. The molecule has 0 bridgehead atoms. The summed E-state index contributed by atoms with van der Waals surface area (Å²) in [6.45, 7) is 7.10. The second kappa shape index (κ2) is 12.5. The number of nitrogens with zero attached hydrogens (tertiary/aromatic N) is 2. The SMILES string of the molecule is CO/C(C)=C(/C=NC(C)OC)C1(O)CCC(N2CC(NC(=O)CNC(=O)c3cccc(C)c3)C2)CC1. The maximum atomic E-state index is 12.3. The van der Waals surface area contributed by atoms with Gasteiger partial charge in [0.2, 0.25) is 5.91 Å². The summed E-state index contributed by atoms with van der Waals surface area (Å²) in [5.41, 5.74) is 1.27. The van der Waals surface area contributed by atoms with Crippen molar-refractivity contribution in [2.24, 2.45) is 4.99 Å². The van der Waals surface area contributed by atoms with Gasteiger partial charge < -0.3 is 25.2 Å². The number of hydrogen-bond donors (Lipinski definition) is 3. The van der Waals surface area contributed by atoms with Crippen molar-refractivity contribution in [1.82, 2.24) is 15.5 Å². The maximum Gasteiger partial charge on any atom is 0.251 e. The standard InChI is InChI=1S/C27H40N4O5/c1-18-7-6-8-21(13-18)26(33)29-15-25(32)30-22-16-31(17-22)23-9-11-27(34,12-10-23)24(19(2)35-4)14-28-20(3)36-5/h6-8,13-14,20,22-23,34H,9-12,15-17H2,1-5H3,(H,29,33)(H,30,32)/b24-19-,28-14?. The van der Waals surface area contributed by atoms with Crippen molar-refractivity contribution < 1.29 is 24.2 Å². The van der Waals surface area contributed by atoms with Crippen LogP contribution >= 0.6 is 0 Å². The molecule has 1 aromatic carbocycles. The minimum Gasteiger partial charge on any atom is -0.501 e. The smallest absolute Gasteiger partial charge is 0.251 e. The van der Waals surface area contributed by atoms with E-state index in [1.807, 2.05) is 32.9 Å². The highest BCUT2D eigenvalue weighted by atomic mass is 16.5. The van der Waals surface area contributed by atoms with E-state index < -0.39 is 5.60 Å². The second-order valence-electron chi connectivity index (χ2n) is 9.82. The van der Waals surface area contributed by atoms with Gasteiger partial charge in [0.05, 0.1) is 25.3 Å². The number of ether oxygens (including phenoxy) is 2. The second-order valence-corrected chi connectivity index (χ2v) is 9.82. The molecule has 3 N–H and O–H groups in total. The monoisotopic (exact) mass is 500 g/mol. The molecule has 1 saturated carbocycles. The van der Waals surface area contributed by atoms with Gasteiger partial charge in [0.15, 0.2) is 0 Å². The Morgan fingerprint density at radius 2 is 1.97 bits per heavy atom. The van der Waals surface area contributed by atoms with Crippen LogP contribution in [-0.4, -0.2) is 85.8 Å². The number of likely N-dealkylation sites (tertiary alicyclic amines) is 1. The summed E-state index contributed by atoms with van der Waals surface area (Å²) in [6, 6.07) is 7.71. The summed E-state index contributed by atoms with van der Waals surface area (Å²) < 4.78 is 10.6. The van der Waals surface area contributed by atoms with Crippen LogP contribution < -0.4 is 10.6 Å². The number of aliphatic imine (C=N–C) groups is 1. The number of aliphatic hydroxyl groups is 1. The van der Waals surface area contributed by atoms with Gasteiger partial charge in [-0.3, -0.25) is 19.5 Å². The van der Waals surface area contributed by atoms with E-state index in [0.717, 1.165) is 31.5 Å². The maximum absolute atomic E-state index is 12.3. The Morgan fingerprint density at radius 1 is 1.28 bits per heavy atom. The quantitative estimate of drug-likeness (QED) is 0.335. The minimum atomic E-state index is -0.985. The van der Waals surface area contributed by atoms with E-state index in [0.29, 0.717) is 35.8 Å². The summed E-state index contributed by atoms with van der Waals surface area (Å²) in [4.78, 5) is 31.3. The molecule has 1 saturated heterocycles. The van der Waals surface area contributed by atoms with E-state index >= 15 is 0 Å². The third-order valence-electron chi connectivity index (χ3n) is 7.20. The van der Waals surface area contributed by atoms with Gasteiger partial charge in [0.25, 0.3) is 5.91 Å². The van der Waals surface area contributed by atoms with Crippen LogP contribution in [0.4, 0.5) is 0 Å². The van der Waals surface area contributed by atoms with Gasteiger partial charge in [-0.15, -0.1) is 0 Å². The molecule has 36 heavy (non-hydrogen) atoms. The van der Waals surface area contributed by atoms with Crippen LogP contribution in [0.25, 0.3) is 0 Å². The van der Waals surface area contributed by atoms with Crippen molar-refractivity contribution in [3.8, 4) is 0 Å². The molecule has 9 heteroatoms. The topological polar surface area (TPSA) is 112 Å². The normalized spacial score (nSPS) is 24.6. The lowest BCUT2D eigenvalue weighted by molar-refractivity contribution is -0.122. The van der Waals surface area contributed by atoms with Crippen molar-refractivity contribution >= 4 is 18.0 Å². The van der Waals surface area contributed by atoms with E-state index in [2.05, 4.69) is 20.5 Å². The van der Waals surface area contributed by atoms with Crippen LogP contribution in [0, 0.1) is 6.92 Å². The molecule has 3 rings (SSSR count). The average Bonchev–Trinajstić information content (AvgIpc) is 2.84. The molecule has 0 aromatic heterocycles. The van der Waals surface area contributed by atoms with E-state index in [9.17, 15) is 14.7 Å². The Hall–Kier alpha value is -2.75. The average molecular weight is 501 g/mol. The van der Waals surface area contributed by atoms with Crippen LogP contribution in [-0.2, 0) is 14.3 Å². The zero-order chi connectivity index (χ0) is 26.3. The predicted octanol–water partition coefficient (Wildman–Crippen LogP) is 2.18. The van der Waals surface area contributed by atoms with Crippen molar-refractivity contribution in [1.29, 1.82) is 0 Å². The zero-order valence-corrected chi connectivity index (χ0v) is 22.0. The number of amides is 2. The number of rotatable bonds is 10. The molecule has 1 aliphatic heterocycles. The molecule has 0 radical (unpaired) electrons. The summed E-state index contributed by atoms with van der Waals surface area (Å²) in [6.07, 6.45) is 4.29. The first-order valence-electron chi connectivity index (χ1n) is 12.6. The molecule has 1 aromatic rings. The Kier molecular flexibility index (Phi) is 9.64. The summed E-state index contributed by atoms with van der Waals surface area (Å²) in [5, 5.41) is 17.1. The molecule has 1 unspecified atom stereocenters. The van der Waals surface area contributed by atoms with Crippen LogP contribution in [0.2, 0.25) is 0 Å². The fourth-order valence-electron chi connectivity index (χ4n) is 4.83. The van der Waals surface area contributed by atoms with Gasteiger partial charge in [-0.2, -0.15) is 0 Å². The molecular weight excluding hydrogens is 460 g/mol. The molecule has 2 amide bonds. The van der Waals surface area contributed by atoms with Crippen molar-refractivity contribution in [2.75, 3.05) is 33.9 Å². The van der Waals surface area contributed by atoms with Crippen LogP contribution in [0.5, 0.6) is 0 Å².